The predicted octanol–water partition coefficient (Wildman–Crippen LogP) is 3.52. The van der Waals surface area contributed by atoms with E-state index >= 15 is 0 Å². The Kier molecular flexibility index (Phi) is 8.33. The molecule has 5 heteroatoms. The number of ether oxygens (including phenoxy) is 1. The van der Waals surface area contributed by atoms with Gasteiger partial charge in [-0.15, -0.1) is 0 Å². The van der Waals surface area contributed by atoms with E-state index < -0.39 is 12.0 Å². The minimum absolute atomic E-state index is 0.0851. The predicted molar refractivity (Wildman–Crippen MR) is 91.9 cm³/mol. The zero-order valence-electron chi connectivity index (χ0n) is 14.2. The molecule has 2 atom stereocenters. The van der Waals surface area contributed by atoms with Crippen molar-refractivity contribution in [2.24, 2.45) is 11.8 Å². The maximum Gasteiger partial charge on any atom is 0.149 e. The largest absolute Gasteiger partial charge is 0.373 e. The highest BCUT2D eigenvalue weighted by Gasteiger charge is 2.40. The summed E-state index contributed by atoms with van der Waals surface area (Å²) in [5.41, 5.74) is 0.161. The lowest BCUT2D eigenvalue weighted by molar-refractivity contribution is -0.134. The molecule has 22 heavy (non-hydrogen) atoms. The molecule has 0 bridgehead atoms. The quantitative estimate of drug-likeness (QED) is 0.520. The summed E-state index contributed by atoms with van der Waals surface area (Å²) in [5.74, 6) is 0.165. The third kappa shape index (κ3) is 5.20. The van der Waals surface area contributed by atoms with Crippen LogP contribution in [0.1, 0.15) is 53.4 Å². The van der Waals surface area contributed by atoms with E-state index in [-0.39, 0.29) is 23.2 Å². The zero-order chi connectivity index (χ0) is 16.7. The first-order valence-electron chi connectivity index (χ1n) is 8.31. The van der Waals surface area contributed by atoms with E-state index in [9.17, 15) is 9.59 Å². The Balaban J connectivity index is 2.69. The van der Waals surface area contributed by atoms with Crippen LogP contribution in [0, 0.1) is 17.2 Å². The van der Waals surface area contributed by atoms with Gasteiger partial charge in [-0.3, -0.25) is 9.59 Å². The zero-order valence-corrected chi connectivity index (χ0v) is 15.0. The van der Waals surface area contributed by atoms with Crippen molar-refractivity contribution in [1.82, 2.24) is 0 Å². The van der Waals surface area contributed by atoms with Gasteiger partial charge in [-0.05, 0) is 31.4 Å². The van der Waals surface area contributed by atoms with Gasteiger partial charge in [0.15, 0.2) is 0 Å². The Bertz CT molecular complexity index is 393. The molecule has 0 aromatic heterocycles. The first-order valence-corrected chi connectivity index (χ1v) is 9.36. The molecule has 1 rings (SSSR count). The molecule has 0 aromatic rings. The molecule has 0 amide bonds. The number of rotatable bonds is 9. The Labute approximate surface area is 138 Å². The van der Waals surface area contributed by atoms with Gasteiger partial charge in [0.1, 0.15) is 17.5 Å². The van der Waals surface area contributed by atoms with Crippen LogP contribution in [-0.2, 0) is 14.3 Å². The Morgan fingerprint density at radius 3 is 2.32 bits per heavy atom. The number of carbonyl (C=O) groups is 2. The molecule has 126 valence electrons. The van der Waals surface area contributed by atoms with E-state index in [1.807, 2.05) is 25.6 Å². The second-order valence-corrected chi connectivity index (χ2v) is 7.66. The van der Waals surface area contributed by atoms with Crippen molar-refractivity contribution in [3.8, 4) is 0 Å². The summed E-state index contributed by atoms with van der Waals surface area (Å²) < 4.78 is 5.49. The summed E-state index contributed by atoms with van der Waals surface area (Å²) in [6, 6.07) is 0. The third-order valence-corrected chi connectivity index (χ3v) is 5.23. The average Bonchev–Trinajstić information content (AvgIpc) is 2.43. The van der Waals surface area contributed by atoms with Gasteiger partial charge in [-0.2, -0.15) is 11.8 Å². The third-order valence-electron chi connectivity index (χ3n) is 4.14. The van der Waals surface area contributed by atoms with Gasteiger partial charge in [0, 0.05) is 24.7 Å². The SMILES string of the molecule is CCOC(CC)C(=N)C1C(=O)CC(CC(C)SCC)CC1=O. The number of thioether (sulfide) groups is 1. The van der Waals surface area contributed by atoms with Crippen molar-refractivity contribution in [2.45, 2.75) is 64.7 Å². The van der Waals surface area contributed by atoms with Crippen LogP contribution in [0.5, 0.6) is 0 Å². The fourth-order valence-corrected chi connectivity index (χ4v) is 4.18. The van der Waals surface area contributed by atoms with E-state index in [4.69, 9.17) is 10.1 Å². The molecule has 1 aliphatic rings. The molecular weight excluding hydrogens is 298 g/mol. The minimum atomic E-state index is -0.859. The highest BCUT2D eigenvalue weighted by Crippen LogP contribution is 2.31. The van der Waals surface area contributed by atoms with Crippen molar-refractivity contribution in [3.05, 3.63) is 0 Å². The van der Waals surface area contributed by atoms with Gasteiger partial charge >= 0.3 is 0 Å². The summed E-state index contributed by atoms with van der Waals surface area (Å²) in [4.78, 5) is 24.8. The molecule has 0 saturated heterocycles. The van der Waals surface area contributed by atoms with E-state index in [1.165, 1.54) is 0 Å². The van der Waals surface area contributed by atoms with Crippen molar-refractivity contribution in [2.75, 3.05) is 12.4 Å². The number of Topliss-reactive ketones (excluding diaryl/α,β-unsaturated/α-hetero) is 2. The number of nitrogens with one attached hydrogen (secondary N) is 1. The molecule has 0 radical (unpaired) electrons. The van der Waals surface area contributed by atoms with Crippen molar-refractivity contribution < 1.29 is 14.3 Å². The van der Waals surface area contributed by atoms with Gasteiger partial charge in [0.2, 0.25) is 0 Å². The summed E-state index contributed by atoms with van der Waals surface area (Å²) in [6.45, 7) is 8.54. The highest BCUT2D eigenvalue weighted by atomic mass is 32.2. The van der Waals surface area contributed by atoms with Gasteiger partial charge < -0.3 is 10.1 Å². The summed E-state index contributed by atoms with van der Waals surface area (Å²) in [6.07, 6.45) is 1.97. The molecule has 1 fully saturated rings. The maximum atomic E-state index is 12.4. The monoisotopic (exact) mass is 327 g/mol. The van der Waals surface area contributed by atoms with Crippen LogP contribution in [-0.4, -0.2) is 41.0 Å². The average molecular weight is 327 g/mol. The van der Waals surface area contributed by atoms with Crippen LogP contribution in [0.25, 0.3) is 0 Å². The van der Waals surface area contributed by atoms with Gasteiger partial charge in [0.25, 0.3) is 0 Å². The van der Waals surface area contributed by atoms with Crippen LogP contribution in [0.3, 0.4) is 0 Å². The molecule has 1 saturated carbocycles. The molecule has 1 N–H and O–H groups in total. The van der Waals surface area contributed by atoms with E-state index in [2.05, 4.69) is 13.8 Å². The molecule has 0 aromatic carbocycles. The van der Waals surface area contributed by atoms with E-state index in [1.54, 1.807) is 0 Å². The Morgan fingerprint density at radius 2 is 1.86 bits per heavy atom. The van der Waals surface area contributed by atoms with Crippen molar-refractivity contribution in [1.29, 1.82) is 5.41 Å². The molecule has 0 aliphatic heterocycles. The number of hydrogen-bond donors (Lipinski definition) is 1. The van der Waals surface area contributed by atoms with Gasteiger partial charge in [0.05, 0.1) is 11.8 Å². The summed E-state index contributed by atoms with van der Waals surface area (Å²) in [5, 5.41) is 8.68. The topological polar surface area (TPSA) is 67.2 Å². The van der Waals surface area contributed by atoms with Crippen molar-refractivity contribution >= 4 is 29.0 Å². The number of ketones is 2. The second-order valence-electron chi connectivity index (χ2n) is 5.95. The first kappa shape index (κ1) is 19.4. The molecule has 2 unspecified atom stereocenters. The fraction of sp³-hybridized carbons (Fsp3) is 0.824. The number of carbonyl (C=O) groups excluding carboxylic acids is 2. The maximum absolute atomic E-state index is 12.4. The van der Waals surface area contributed by atoms with Crippen LogP contribution >= 0.6 is 11.8 Å². The lowest BCUT2D eigenvalue weighted by Crippen LogP contribution is -2.43. The van der Waals surface area contributed by atoms with Crippen molar-refractivity contribution in [3.63, 3.8) is 0 Å². The first-order chi connectivity index (χ1) is 10.4. The van der Waals surface area contributed by atoms with Crippen LogP contribution in [0.4, 0.5) is 0 Å². The molecule has 4 nitrogen and oxygen atoms in total. The fourth-order valence-electron chi connectivity index (χ4n) is 3.21. The van der Waals surface area contributed by atoms with E-state index in [0.717, 1.165) is 12.2 Å². The van der Waals surface area contributed by atoms with Gasteiger partial charge in [-0.1, -0.05) is 20.8 Å². The lowest BCUT2D eigenvalue weighted by Gasteiger charge is -2.30. The summed E-state index contributed by atoms with van der Waals surface area (Å²) in [7, 11) is 0. The van der Waals surface area contributed by atoms with E-state index in [0.29, 0.717) is 31.1 Å². The Morgan fingerprint density at radius 1 is 1.27 bits per heavy atom. The minimum Gasteiger partial charge on any atom is -0.373 e. The molecule has 0 spiro atoms. The van der Waals surface area contributed by atoms with Crippen LogP contribution in [0.15, 0.2) is 0 Å². The molecular formula is C17H29NO3S. The van der Waals surface area contributed by atoms with Crippen LogP contribution in [0.2, 0.25) is 0 Å². The Hall–Kier alpha value is -0.680. The van der Waals surface area contributed by atoms with Crippen LogP contribution < -0.4 is 0 Å². The smallest absolute Gasteiger partial charge is 0.149 e. The van der Waals surface area contributed by atoms with Gasteiger partial charge in [-0.25, -0.2) is 0 Å². The normalized spacial score (nSPS) is 25.1. The standard InChI is InChI=1S/C17H29NO3S/c1-5-15(21-6-2)17(18)16-13(19)9-12(10-14(16)20)8-11(4)22-7-3/h11-12,15-16,18H,5-10H2,1-4H3. The molecule has 0 heterocycles. The summed E-state index contributed by atoms with van der Waals surface area (Å²) >= 11 is 1.86. The number of hydrogen-bond acceptors (Lipinski definition) is 5. The highest BCUT2D eigenvalue weighted by molar-refractivity contribution is 7.99. The second kappa shape index (κ2) is 9.46. The lowest BCUT2D eigenvalue weighted by atomic mass is 9.75. The molecule has 1 aliphatic carbocycles.